The van der Waals surface area contributed by atoms with Crippen LogP contribution in [-0.4, -0.2) is 26.1 Å². The number of aliphatic imine (C=N–C) groups is 1. The number of thiophene rings is 1. The second-order valence-corrected chi connectivity index (χ2v) is 9.02. The van der Waals surface area contributed by atoms with E-state index < -0.39 is 0 Å². The smallest absolute Gasteiger partial charge is 0.227 e. The average Bonchev–Trinajstić information content (AvgIpc) is 3.33. The number of rotatable bonds is 6. The van der Waals surface area contributed by atoms with Crippen molar-refractivity contribution in [2.75, 3.05) is 10.6 Å². The number of nitrogens with one attached hydrogen (secondary N) is 2. The van der Waals surface area contributed by atoms with Crippen LogP contribution >= 0.6 is 22.9 Å². The summed E-state index contributed by atoms with van der Waals surface area (Å²) in [4.78, 5) is 14.2. The fourth-order valence-electron chi connectivity index (χ4n) is 3.27. The molecule has 0 unspecified atom stereocenters. The monoisotopic (exact) mass is 498 g/mol. The van der Waals surface area contributed by atoms with Crippen LogP contribution in [-0.2, 0) is 0 Å². The fraction of sp³-hybridized carbons (Fsp3) is 0. The van der Waals surface area contributed by atoms with Gasteiger partial charge in [0.05, 0.1) is 32.0 Å². The molecule has 0 aliphatic carbocycles. The zero-order valence-electron chi connectivity index (χ0n) is 18.3. The lowest BCUT2D eigenvalue weighted by atomic mass is 10.1. The number of nitrogens with zero attached hydrogens (tertiary/aromatic N) is 5. The van der Waals surface area contributed by atoms with Gasteiger partial charge in [0.2, 0.25) is 5.95 Å². The normalized spacial score (nSPS) is 11.3. The third-order valence-electron chi connectivity index (χ3n) is 4.87. The van der Waals surface area contributed by atoms with Gasteiger partial charge in [0, 0.05) is 11.8 Å². The molecule has 0 saturated carbocycles. The van der Waals surface area contributed by atoms with Gasteiger partial charge in [0.1, 0.15) is 0 Å². The van der Waals surface area contributed by atoms with Crippen LogP contribution in [0.15, 0.2) is 96.1 Å². The van der Waals surface area contributed by atoms with Gasteiger partial charge in [-0.1, -0.05) is 54.1 Å². The van der Waals surface area contributed by atoms with E-state index in [1.165, 1.54) is 11.3 Å². The molecule has 0 aliphatic heterocycles. The maximum atomic E-state index is 6.15. The Morgan fingerprint density at radius 3 is 2.37 bits per heavy atom. The summed E-state index contributed by atoms with van der Waals surface area (Å²) in [5, 5.41) is 14.7. The quantitative estimate of drug-likeness (QED) is 0.191. The molecule has 0 amide bonds. The van der Waals surface area contributed by atoms with Crippen molar-refractivity contribution < 1.29 is 0 Å². The molecule has 5 aromatic rings. The lowest BCUT2D eigenvalue weighted by Crippen LogP contribution is -2.22. The van der Waals surface area contributed by atoms with Crippen molar-refractivity contribution in [3.63, 3.8) is 0 Å². The molecular weight excluding hydrogens is 480 g/mol. The van der Waals surface area contributed by atoms with E-state index in [9.17, 15) is 0 Å². The third-order valence-corrected chi connectivity index (χ3v) is 6.13. The molecule has 0 spiro atoms. The second-order valence-electron chi connectivity index (χ2n) is 7.30. The predicted molar refractivity (Wildman–Crippen MR) is 142 cm³/mol. The molecule has 0 saturated heterocycles. The van der Waals surface area contributed by atoms with Gasteiger partial charge in [0.15, 0.2) is 11.8 Å². The van der Waals surface area contributed by atoms with Crippen LogP contribution in [0, 0.1) is 0 Å². The Hall–Kier alpha value is -4.34. The summed E-state index contributed by atoms with van der Waals surface area (Å²) >= 11 is 7.52. The van der Waals surface area contributed by atoms with Crippen molar-refractivity contribution in [3.05, 3.63) is 95.5 Å². The molecule has 0 atom stereocenters. The summed E-state index contributed by atoms with van der Waals surface area (Å²) in [5.74, 6) is 1.01. The van der Waals surface area contributed by atoms with E-state index in [-0.39, 0.29) is 5.96 Å². The highest BCUT2D eigenvalue weighted by Crippen LogP contribution is 2.31. The molecule has 0 aliphatic rings. The molecule has 4 N–H and O–H groups in total. The van der Waals surface area contributed by atoms with Crippen molar-refractivity contribution in [1.29, 1.82) is 0 Å². The van der Waals surface area contributed by atoms with E-state index in [1.807, 2.05) is 78.9 Å². The summed E-state index contributed by atoms with van der Waals surface area (Å²) in [6.07, 6.45) is 1.70. The number of para-hydroxylation sites is 2. The fourth-order valence-corrected chi connectivity index (χ4v) is 4.28. The van der Waals surface area contributed by atoms with Crippen LogP contribution in [0.1, 0.15) is 0 Å². The lowest BCUT2D eigenvalue weighted by Gasteiger charge is -2.12. The highest BCUT2D eigenvalue weighted by Gasteiger charge is 2.09. The third kappa shape index (κ3) is 5.60. The molecule has 35 heavy (non-hydrogen) atoms. The first-order valence-electron chi connectivity index (χ1n) is 10.6. The molecule has 3 aromatic heterocycles. The first-order valence-corrected chi connectivity index (χ1v) is 11.8. The molecule has 3 heterocycles. The SMILES string of the molecule is NC(=Nc1ccc(-c2ccccc2)nn1)Nc1ccccc1Nc1nccc(-c2ccc(Cl)s2)n1. The van der Waals surface area contributed by atoms with Gasteiger partial charge in [-0.15, -0.1) is 21.5 Å². The molecule has 0 radical (unpaired) electrons. The number of aromatic nitrogens is 4. The standard InChI is InChI=1S/C25H19ClN8S/c26-22-12-11-21(35-22)20-14-15-28-25(31-20)30-19-9-5-4-8-18(19)29-24(27)32-23-13-10-17(33-34-23)16-6-2-1-3-7-16/h1-15H,(H,28,30,31)(H3,27,29,32,34). The molecular formula is C25H19ClN8S. The van der Waals surface area contributed by atoms with Crippen LogP contribution in [0.2, 0.25) is 4.34 Å². The molecule has 5 rings (SSSR count). The van der Waals surface area contributed by atoms with Crippen LogP contribution in [0.4, 0.5) is 23.1 Å². The van der Waals surface area contributed by atoms with Crippen LogP contribution < -0.4 is 16.4 Å². The highest BCUT2D eigenvalue weighted by molar-refractivity contribution is 7.19. The van der Waals surface area contributed by atoms with Crippen LogP contribution in [0.3, 0.4) is 0 Å². The van der Waals surface area contributed by atoms with Gasteiger partial charge < -0.3 is 16.4 Å². The van der Waals surface area contributed by atoms with Crippen LogP contribution in [0.5, 0.6) is 0 Å². The minimum atomic E-state index is 0.170. The predicted octanol–water partition coefficient (Wildman–Crippen LogP) is 6.12. The number of guanidine groups is 1. The van der Waals surface area contributed by atoms with Gasteiger partial charge in [-0.2, -0.15) is 4.99 Å². The topological polar surface area (TPSA) is 114 Å². The molecule has 0 bridgehead atoms. The number of benzene rings is 2. The zero-order valence-corrected chi connectivity index (χ0v) is 19.8. The maximum Gasteiger partial charge on any atom is 0.227 e. The Balaban J connectivity index is 1.32. The first-order chi connectivity index (χ1) is 17.1. The second kappa shape index (κ2) is 10.3. The van der Waals surface area contributed by atoms with E-state index >= 15 is 0 Å². The largest absolute Gasteiger partial charge is 0.369 e. The Morgan fingerprint density at radius 1 is 0.829 bits per heavy atom. The van der Waals surface area contributed by atoms with E-state index in [4.69, 9.17) is 17.3 Å². The number of nitrogens with two attached hydrogens (primary N) is 1. The minimum Gasteiger partial charge on any atom is -0.369 e. The summed E-state index contributed by atoms with van der Waals surface area (Å²) in [5.41, 5.74) is 10.1. The zero-order chi connectivity index (χ0) is 24.0. The van der Waals surface area contributed by atoms with Gasteiger partial charge in [-0.3, -0.25) is 0 Å². The van der Waals surface area contributed by atoms with Gasteiger partial charge >= 0.3 is 0 Å². The first kappa shape index (κ1) is 22.5. The van der Waals surface area contributed by atoms with Crippen molar-refractivity contribution in [2.45, 2.75) is 0 Å². The molecule has 8 nitrogen and oxygen atoms in total. The number of hydrogen-bond acceptors (Lipinski definition) is 7. The van der Waals surface area contributed by atoms with E-state index in [2.05, 4.69) is 35.8 Å². The Bertz CT molecular complexity index is 1470. The minimum absolute atomic E-state index is 0.170. The van der Waals surface area contributed by atoms with Crippen LogP contribution in [0.25, 0.3) is 21.8 Å². The van der Waals surface area contributed by atoms with Crippen molar-refractivity contribution in [1.82, 2.24) is 20.2 Å². The number of hydrogen-bond donors (Lipinski definition) is 3. The van der Waals surface area contributed by atoms with E-state index in [0.717, 1.165) is 27.5 Å². The van der Waals surface area contributed by atoms with Crippen molar-refractivity contribution >= 4 is 52.0 Å². The van der Waals surface area contributed by atoms with Gasteiger partial charge in [0.25, 0.3) is 0 Å². The highest BCUT2D eigenvalue weighted by atomic mass is 35.5. The average molecular weight is 499 g/mol. The number of halogens is 1. The molecule has 0 fully saturated rings. The molecule has 2 aromatic carbocycles. The summed E-state index contributed by atoms with van der Waals surface area (Å²) in [6.45, 7) is 0. The molecule has 172 valence electrons. The Morgan fingerprint density at radius 2 is 1.63 bits per heavy atom. The summed E-state index contributed by atoms with van der Waals surface area (Å²) in [6, 6.07) is 26.6. The van der Waals surface area contributed by atoms with Gasteiger partial charge in [-0.05, 0) is 42.5 Å². The Kier molecular flexibility index (Phi) is 6.60. The number of anilines is 3. The Labute approximate surface area is 210 Å². The van der Waals surface area contributed by atoms with E-state index in [0.29, 0.717) is 21.8 Å². The summed E-state index contributed by atoms with van der Waals surface area (Å²) in [7, 11) is 0. The summed E-state index contributed by atoms with van der Waals surface area (Å²) < 4.78 is 0.705. The lowest BCUT2D eigenvalue weighted by molar-refractivity contribution is 1.03. The van der Waals surface area contributed by atoms with Crippen molar-refractivity contribution in [2.24, 2.45) is 10.7 Å². The molecule has 10 heteroatoms. The van der Waals surface area contributed by atoms with Crippen molar-refractivity contribution in [3.8, 4) is 21.8 Å². The van der Waals surface area contributed by atoms with E-state index in [1.54, 1.807) is 12.3 Å². The maximum absolute atomic E-state index is 6.15. The van der Waals surface area contributed by atoms with Gasteiger partial charge in [-0.25, -0.2) is 9.97 Å².